The molecule has 28 heavy (non-hydrogen) atoms. The van der Waals surface area contributed by atoms with Gasteiger partial charge in [-0.25, -0.2) is 8.42 Å². The first-order chi connectivity index (χ1) is 13.3. The van der Waals surface area contributed by atoms with Crippen molar-refractivity contribution in [3.63, 3.8) is 0 Å². The second-order valence-corrected chi connectivity index (χ2v) is 7.88. The summed E-state index contributed by atoms with van der Waals surface area (Å²) in [4.78, 5) is 24.6. The smallest absolute Gasteiger partial charge is 0.270 e. The van der Waals surface area contributed by atoms with Crippen molar-refractivity contribution < 1.29 is 18.1 Å². The minimum atomic E-state index is -4.10. The van der Waals surface area contributed by atoms with Crippen LogP contribution in [0.4, 0.5) is 11.4 Å². The van der Waals surface area contributed by atoms with Crippen molar-refractivity contribution in [2.75, 3.05) is 17.8 Å². The molecule has 0 fully saturated rings. The van der Waals surface area contributed by atoms with Gasteiger partial charge < -0.3 is 4.90 Å². The van der Waals surface area contributed by atoms with Crippen LogP contribution in [0.3, 0.4) is 0 Å². The molecule has 150 valence electrons. The molecule has 0 saturated heterocycles. The summed E-state index contributed by atoms with van der Waals surface area (Å²) in [7, 11) is -4.10. The quantitative estimate of drug-likeness (QED) is 0.506. The third-order valence-electron chi connectivity index (χ3n) is 4.01. The van der Waals surface area contributed by atoms with Crippen molar-refractivity contribution in [1.82, 2.24) is 4.90 Å². The first-order valence-electron chi connectivity index (χ1n) is 8.95. The van der Waals surface area contributed by atoms with Gasteiger partial charge in [-0.2, -0.15) is 0 Å². The van der Waals surface area contributed by atoms with Crippen LogP contribution in [0.2, 0.25) is 0 Å². The average molecular weight is 405 g/mol. The number of carbonyl (C=O) groups excluding carboxylic acids is 1. The Morgan fingerprint density at radius 1 is 1.07 bits per heavy atom. The maximum atomic E-state index is 12.9. The number of anilines is 1. The minimum absolute atomic E-state index is 0.135. The van der Waals surface area contributed by atoms with Gasteiger partial charge in [-0.05, 0) is 31.0 Å². The van der Waals surface area contributed by atoms with Crippen LogP contribution in [0.25, 0.3) is 0 Å². The molecule has 0 aliphatic rings. The van der Waals surface area contributed by atoms with E-state index in [4.69, 9.17) is 0 Å². The van der Waals surface area contributed by atoms with Gasteiger partial charge in [0.15, 0.2) is 0 Å². The highest BCUT2D eigenvalue weighted by molar-refractivity contribution is 7.92. The van der Waals surface area contributed by atoms with E-state index in [0.717, 1.165) is 18.9 Å². The number of amides is 1. The number of nitro benzene ring substituents is 1. The average Bonchev–Trinajstić information content (AvgIpc) is 2.67. The molecule has 2 aromatic rings. The Morgan fingerprint density at radius 2 is 1.71 bits per heavy atom. The van der Waals surface area contributed by atoms with Crippen LogP contribution in [-0.4, -0.2) is 37.2 Å². The molecule has 0 unspecified atom stereocenters. The van der Waals surface area contributed by atoms with E-state index in [1.54, 1.807) is 23.1 Å². The summed E-state index contributed by atoms with van der Waals surface area (Å²) < 4.78 is 27.8. The number of benzene rings is 2. The van der Waals surface area contributed by atoms with E-state index in [9.17, 15) is 23.3 Å². The Bertz CT molecular complexity index is 954. The molecule has 0 heterocycles. The molecule has 0 bridgehead atoms. The third kappa shape index (κ3) is 5.07. The van der Waals surface area contributed by atoms with Crippen LogP contribution in [0.15, 0.2) is 53.4 Å². The number of non-ortho nitro benzene ring substituents is 1. The van der Waals surface area contributed by atoms with Crippen molar-refractivity contribution in [2.24, 2.45) is 0 Å². The van der Waals surface area contributed by atoms with Crippen molar-refractivity contribution in [3.05, 3.63) is 64.2 Å². The normalized spacial score (nSPS) is 11.1. The Hall–Kier alpha value is -2.94. The summed E-state index contributed by atoms with van der Waals surface area (Å²) in [5, 5.41) is 10.9. The van der Waals surface area contributed by atoms with Gasteiger partial charge in [0.2, 0.25) is 0 Å². The highest BCUT2D eigenvalue weighted by atomic mass is 32.2. The van der Waals surface area contributed by atoms with Crippen molar-refractivity contribution >= 4 is 27.3 Å². The first kappa shape index (κ1) is 21.4. The van der Waals surface area contributed by atoms with E-state index in [1.165, 1.54) is 24.3 Å². The van der Waals surface area contributed by atoms with Crippen LogP contribution in [0.1, 0.15) is 37.0 Å². The Kier molecular flexibility index (Phi) is 7.11. The molecule has 1 N–H and O–H groups in total. The maximum absolute atomic E-state index is 12.9. The lowest BCUT2D eigenvalue weighted by molar-refractivity contribution is -0.385. The molecule has 2 aromatic carbocycles. The second-order valence-electron chi connectivity index (χ2n) is 6.20. The van der Waals surface area contributed by atoms with Gasteiger partial charge >= 0.3 is 0 Å². The van der Waals surface area contributed by atoms with Crippen LogP contribution < -0.4 is 4.72 Å². The number of rotatable bonds is 9. The summed E-state index contributed by atoms with van der Waals surface area (Å²) in [6.45, 7) is 5.07. The molecular weight excluding hydrogens is 382 g/mol. The van der Waals surface area contributed by atoms with Crippen molar-refractivity contribution in [3.8, 4) is 0 Å². The number of sulfonamides is 1. The zero-order valence-electron chi connectivity index (χ0n) is 15.8. The highest BCUT2D eigenvalue weighted by Crippen LogP contribution is 2.24. The Morgan fingerprint density at radius 3 is 2.32 bits per heavy atom. The monoisotopic (exact) mass is 405 g/mol. The molecule has 0 atom stereocenters. The van der Waals surface area contributed by atoms with Gasteiger partial charge in [-0.1, -0.05) is 32.0 Å². The van der Waals surface area contributed by atoms with Gasteiger partial charge in [0.1, 0.15) is 0 Å². The first-order valence-corrected chi connectivity index (χ1v) is 10.4. The molecular formula is C19H23N3O5S. The summed E-state index contributed by atoms with van der Waals surface area (Å²) in [5.41, 5.74) is 0.0407. The zero-order chi connectivity index (χ0) is 20.7. The van der Waals surface area contributed by atoms with Crippen molar-refractivity contribution in [1.29, 1.82) is 0 Å². The number of nitro groups is 1. The molecule has 0 spiro atoms. The second kappa shape index (κ2) is 9.32. The zero-order valence-corrected chi connectivity index (χ0v) is 16.6. The fourth-order valence-electron chi connectivity index (χ4n) is 2.75. The minimum Gasteiger partial charge on any atom is -0.339 e. The molecule has 9 heteroatoms. The van der Waals surface area contributed by atoms with Gasteiger partial charge in [-0.3, -0.25) is 19.6 Å². The van der Waals surface area contributed by atoms with Crippen LogP contribution in [-0.2, 0) is 10.0 Å². The van der Waals surface area contributed by atoms with Gasteiger partial charge in [0.05, 0.1) is 21.1 Å². The summed E-state index contributed by atoms with van der Waals surface area (Å²) in [6.07, 6.45) is 1.57. The maximum Gasteiger partial charge on any atom is 0.270 e. The summed E-state index contributed by atoms with van der Waals surface area (Å²) >= 11 is 0. The predicted molar refractivity (Wildman–Crippen MR) is 107 cm³/mol. The predicted octanol–water partition coefficient (Wildman–Crippen LogP) is 3.66. The van der Waals surface area contributed by atoms with Crippen LogP contribution in [0, 0.1) is 10.1 Å². The fourth-order valence-corrected chi connectivity index (χ4v) is 3.87. The topological polar surface area (TPSA) is 110 Å². The van der Waals surface area contributed by atoms with E-state index >= 15 is 0 Å². The number of nitrogens with one attached hydrogen (secondary N) is 1. The van der Waals surface area contributed by atoms with Crippen molar-refractivity contribution in [2.45, 2.75) is 31.6 Å². The SMILES string of the molecule is CCCN(CCC)C(=O)c1ccccc1NS(=O)(=O)c1cccc([N+](=O)[O-])c1. The van der Waals surface area contributed by atoms with Crippen LogP contribution >= 0.6 is 0 Å². The largest absolute Gasteiger partial charge is 0.339 e. The Labute approximate surface area is 164 Å². The lowest BCUT2D eigenvalue weighted by Gasteiger charge is -2.23. The lowest BCUT2D eigenvalue weighted by Crippen LogP contribution is -2.33. The van der Waals surface area contributed by atoms with E-state index in [2.05, 4.69) is 4.72 Å². The van der Waals surface area contributed by atoms with E-state index < -0.39 is 14.9 Å². The standard InChI is InChI=1S/C19H23N3O5S/c1-3-12-21(13-4-2)19(23)17-10-5-6-11-18(17)20-28(26,27)16-9-7-8-15(14-16)22(24)25/h5-11,14,20H,3-4,12-13H2,1-2H3. The molecule has 0 aliphatic heterocycles. The summed E-state index contributed by atoms with van der Waals surface area (Å²) in [6, 6.07) is 11.1. The van der Waals surface area contributed by atoms with E-state index in [1.807, 2.05) is 13.8 Å². The van der Waals surface area contributed by atoms with Gasteiger partial charge in [0.25, 0.3) is 21.6 Å². The molecule has 1 amide bonds. The molecule has 0 saturated carbocycles. The fraction of sp³-hybridized carbons (Fsp3) is 0.316. The number of carbonyl (C=O) groups is 1. The highest BCUT2D eigenvalue weighted by Gasteiger charge is 2.22. The number of nitrogens with zero attached hydrogens (tertiary/aromatic N) is 2. The number of hydrogen-bond donors (Lipinski definition) is 1. The van der Waals surface area contributed by atoms with Crippen LogP contribution in [0.5, 0.6) is 0 Å². The molecule has 2 rings (SSSR count). The van der Waals surface area contributed by atoms with E-state index in [-0.39, 0.29) is 27.7 Å². The molecule has 8 nitrogen and oxygen atoms in total. The molecule has 0 radical (unpaired) electrons. The number of hydrogen-bond acceptors (Lipinski definition) is 5. The summed E-state index contributed by atoms with van der Waals surface area (Å²) in [5.74, 6) is -0.263. The molecule has 0 aromatic heterocycles. The number of para-hydroxylation sites is 1. The van der Waals surface area contributed by atoms with E-state index in [0.29, 0.717) is 13.1 Å². The Balaban J connectivity index is 2.38. The van der Waals surface area contributed by atoms with Gasteiger partial charge in [-0.15, -0.1) is 0 Å². The van der Waals surface area contributed by atoms with Gasteiger partial charge in [0, 0.05) is 25.2 Å². The molecule has 0 aliphatic carbocycles. The third-order valence-corrected chi connectivity index (χ3v) is 5.38. The lowest BCUT2D eigenvalue weighted by atomic mass is 10.1.